The molecule has 0 saturated carbocycles. The highest BCUT2D eigenvalue weighted by atomic mass is 79.9. The highest BCUT2D eigenvalue weighted by molar-refractivity contribution is 9.10. The fourth-order valence-electron chi connectivity index (χ4n) is 2.47. The van der Waals surface area contributed by atoms with Crippen molar-refractivity contribution in [3.63, 3.8) is 0 Å². The van der Waals surface area contributed by atoms with E-state index in [9.17, 15) is 8.42 Å². The molecular weight excluding hydrogens is 344 g/mol. The number of hydrogen-bond acceptors (Lipinski definition) is 4. The van der Waals surface area contributed by atoms with Gasteiger partial charge in [0.25, 0.3) is 0 Å². The zero-order chi connectivity index (χ0) is 15.1. The Kier molecular flexibility index (Phi) is 4.44. The van der Waals surface area contributed by atoms with Crippen molar-refractivity contribution in [2.75, 3.05) is 19.4 Å². The summed E-state index contributed by atoms with van der Waals surface area (Å²) in [6.07, 6.45) is 0.610. The van der Waals surface area contributed by atoms with Gasteiger partial charge in [-0.15, -0.1) is 0 Å². The zero-order valence-corrected chi connectivity index (χ0v) is 14.2. The Morgan fingerprint density at radius 3 is 2.65 bits per heavy atom. The molecule has 2 atom stereocenters. The molecule has 0 radical (unpaired) electrons. The zero-order valence-electron chi connectivity index (χ0n) is 11.8. The van der Waals surface area contributed by atoms with Crippen LogP contribution in [0.4, 0.5) is 5.69 Å². The maximum atomic E-state index is 12.8. The van der Waals surface area contributed by atoms with E-state index in [1.54, 1.807) is 26.1 Å². The number of nitrogen functional groups attached to an aromatic ring is 1. The molecule has 1 aliphatic rings. The van der Waals surface area contributed by atoms with E-state index in [1.165, 1.54) is 4.31 Å². The van der Waals surface area contributed by atoms with Crippen LogP contribution < -0.4 is 5.73 Å². The molecule has 2 unspecified atom stereocenters. The van der Waals surface area contributed by atoms with Gasteiger partial charge in [0, 0.05) is 23.8 Å². The number of halogens is 1. The summed E-state index contributed by atoms with van der Waals surface area (Å²) in [6.45, 7) is 4.20. The second-order valence-corrected chi connectivity index (χ2v) is 7.95. The summed E-state index contributed by atoms with van der Waals surface area (Å²) in [5.74, 6) is 0. The minimum Gasteiger partial charge on any atom is -0.398 e. The Morgan fingerprint density at radius 1 is 1.45 bits per heavy atom. The van der Waals surface area contributed by atoms with E-state index in [0.29, 0.717) is 28.8 Å². The number of hydrogen-bond donors (Lipinski definition) is 1. The Morgan fingerprint density at radius 2 is 2.10 bits per heavy atom. The van der Waals surface area contributed by atoms with Crippen LogP contribution in [0.25, 0.3) is 0 Å². The van der Waals surface area contributed by atoms with Gasteiger partial charge in [-0.3, -0.25) is 0 Å². The fourth-order valence-corrected chi connectivity index (χ4v) is 4.82. The SMILES string of the molecule is Cc1c(N)cc(Br)cc1S(=O)(=O)N(C)C1CCOC1C. The molecule has 112 valence electrons. The van der Waals surface area contributed by atoms with Gasteiger partial charge < -0.3 is 10.5 Å². The molecule has 5 nitrogen and oxygen atoms in total. The van der Waals surface area contributed by atoms with E-state index in [2.05, 4.69) is 15.9 Å². The van der Waals surface area contributed by atoms with Crippen LogP contribution in [0.5, 0.6) is 0 Å². The Hall–Kier alpha value is -0.630. The lowest BCUT2D eigenvalue weighted by Crippen LogP contribution is -2.41. The van der Waals surface area contributed by atoms with E-state index in [4.69, 9.17) is 10.5 Å². The number of rotatable bonds is 3. The molecule has 0 amide bonds. The van der Waals surface area contributed by atoms with Crippen LogP contribution in [0.15, 0.2) is 21.5 Å². The fraction of sp³-hybridized carbons (Fsp3) is 0.538. The number of benzene rings is 1. The summed E-state index contributed by atoms with van der Waals surface area (Å²) in [5, 5.41) is 0. The smallest absolute Gasteiger partial charge is 0.243 e. The van der Waals surface area contributed by atoms with E-state index < -0.39 is 10.0 Å². The molecule has 1 aromatic rings. The Bertz CT molecular complexity index is 618. The lowest BCUT2D eigenvalue weighted by atomic mass is 10.2. The Balaban J connectivity index is 2.45. The molecule has 2 N–H and O–H groups in total. The third-order valence-corrected chi connectivity index (χ3v) is 6.29. The summed E-state index contributed by atoms with van der Waals surface area (Å²) < 4.78 is 33.1. The van der Waals surface area contributed by atoms with Gasteiger partial charge in [0.15, 0.2) is 0 Å². The van der Waals surface area contributed by atoms with Gasteiger partial charge >= 0.3 is 0 Å². The number of likely N-dealkylation sites (N-methyl/N-ethyl adjacent to an activating group) is 1. The minimum atomic E-state index is -3.59. The van der Waals surface area contributed by atoms with Crippen LogP contribution in [0, 0.1) is 6.92 Å². The van der Waals surface area contributed by atoms with Crippen molar-refractivity contribution in [2.24, 2.45) is 0 Å². The Labute approximate surface area is 128 Å². The first kappa shape index (κ1) is 15.8. The van der Waals surface area contributed by atoms with Crippen LogP contribution in [0.1, 0.15) is 18.9 Å². The minimum absolute atomic E-state index is 0.0976. The van der Waals surface area contributed by atoms with Gasteiger partial charge in [-0.25, -0.2) is 8.42 Å². The van der Waals surface area contributed by atoms with Gasteiger partial charge in [0.05, 0.1) is 17.0 Å². The average Bonchev–Trinajstić information content (AvgIpc) is 2.78. The molecule has 2 rings (SSSR count). The molecule has 1 aromatic carbocycles. The first-order valence-electron chi connectivity index (χ1n) is 6.40. The van der Waals surface area contributed by atoms with Crippen molar-refractivity contribution >= 4 is 31.6 Å². The highest BCUT2D eigenvalue weighted by Crippen LogP contribution is 2.31. The van der Waals surface area contributed by atoms with Crippen LogP contribution >= 0.6 is 15.9 Å². The summed E-state index contributed by atoms with van der Waals surface area (Å²) in [5.41, 5.74) is 6.90. The molecule has 1 aliphatic heterocycles. The molecule has 1 fully saturated rings. The third-order valence-electron chi connectivity index (χ3n) is 3.83. The van der Waals surface area contributed by atoms with Crippen LogP contribution in [0.2, 0.25) is 0 Å². The second-order valence-electron chi connectivity index (χ2n) is 5.07. The van der Waals surface area contributed by atoms with E-state index in [1.807, 2.05) is 6.92 Å². The maximum absolute atomic E-state index is 12.8. The predicted molar refractivity (Wildman–Crippen MR) is 82.1 cm³/mol. The maximum Gasteiger partial charge on any atom is 0.243 e. The quantitative estimate of drug-likeness (QED) is 0.836. The van der Waals surface area contributed by atoms with Crippen molar-refractivity contribution in [1.82, 2.24) is 4.31 Å². The predicted octanol–water partition coefficient (Wildman–Crippen LogP) is 2.14. The van der Waals surface area contributed by atoms with Gasteiger partial charge in [0.1, 0.15) is 0 Å². The topological polar surface area (TPSA) is 72.6 Å². The molecule has 7 heteroatoms. The van der Waals surface area contributed by atoms with Crippen molar-refractivity contribution in [3.8, 4) is 0 Å². The van der Waals surface area contributed by atoms with Crippen LogP contribution in [-0.4, -0.2) is 38.5 Å². The van der Waals surface area contributed by atoms with E-state index in [-0.39, 0.29) is 17.0 Å². The molecule has 20 heavy (non-hydrogen) atoms. The third kappa shape index (κ3) is 2.72. The lowest BCUT2D eigenvalue weighted by molar-refractivity contribution is 0.102. The second kappa shape index (κ2) is 5.63. The number of ether oxygens (including phenoxy) is 1. The monoisotopic (exact) mass is 362 g/mol. The van der Waals surface area contributed by atoms with Crippen LogP contribution in [-0.2, 0) is 14.8 Å². The van der Waals surface area contributed by atoms with Crippen molar-refractivity contribution in [2.45, 2.75) is 37.3 Å². The molecule has 1 saturated heterocycles. The van der Waals surface area contributed by atoms with Gasteiger partial charge in [-0.05, 0) is 38.0 Å². The van der Waals surface area contributed by atoms with Crippen molar-refractivity contribution in [3.05, 3.63) is 22.2 Å². The van der Waals surface area contributed by atoms with Gasteiger partial charge in [0.2, 0.25) is 10.0 Å². The summed E-state index contributed by atoms with van der Waals surface area (Å²) >= 11 is 3.30. The standard InChI is InChI=1S/C13H19BrN2O3S/c1-8-11(15)6-10(14)7-13(8)20(17,18)16(3)12-4-5-19-9(12)2/h6-7,9,12H,4-5,15H2,1-3H3. The number of nitrogens with zero attached hydrogens (tertiary/aromatic N) is 1. The average molecular weight is 363 g/mol. The number of nitrogens with two attached hydrogens (primary N) is 1. The molecule has 0 spiro atoms. The van der Waals surface area contributed by atoms with Crippen LogP contribution in [0.3, 0.4) is 0 Å². The first-order valence-corrected chi connectivity index (χ1v) is 8.63. The summed E-state index contributed by atoms with van der Waals surface area (Å²) in [4.78, 5) is 0.242. The number of anilines is 1. The van der Waals surface area contributed by atoms with E-state index in [0.717, 1.165) is 0 Å². The lowest BCUT2D eigenvalue weighted by Gasteiger charge is -2.27. The highest BCUT2D eigenvalue weighted by Gasteiger charge is 2.36. The summed E-state index contributed by atoms with van der Waals surface area (Å²) in [7, 11) is -1.99. The van der Waals surface area contributed by atoms with E-state index >= 15 is 0 Å². The molecule has 0 aromatic heterocycles. The normalized spacial score (nSPS) is 23.4. The molecule has 0 bridgehead atoms. The first-order chi connectivity index (χ1) is 9.25. The molecule has 0 aliphatic carbocycles. The van der Waals surface area contributed by atoms with Gasteiger partial charge in [-0.1, -0.05) is 15.9 Å². The largest absolute Gasteiger partial charge is 0.398 e. The van der Waals surface area contributed by atoms with Crippen molar-refractivity contribution < 1.29 is 13.2 Å². The number of sulfonamides is 1. The summed E-state index contributed by atoms with van der Waals surface area (Å²) in [6, 6.07) is 3.16. The van der Waals surface area contributed by atoms with Gasteiger partial charge in [-0.2, -0.15) is 4.31 Å². The van der Waals surface area contributed by atoms with Crippen molar-refractivity contribution in [1.29, 1.82) is 0 Å². The molecular formula is C13H19BrN2O3S. The molecule has 1 heterocycles.